The first-order valence-electron chi connectivity index (χ1n) is 15.8. The van der Waals surface area contributed by atoms with E-state index in [2.05, 4.69) is 4.74 Å². The van der Waals surface area contributed by atoms with Gasteiger partial charge in [0.25, 0.3) is 0 Å². The predicted octanol–water partition coefficient (Wildman–Crippen LogP) is 7.13. The zero-order chi connectivity index (χ0) is 39.2. The summed E-state index contributed by atoms with van der Waals surface area (Å²) in [4.78, 5) is 39.6. The highest BCUT2D eigenvalue weighted by atomic mass is 35.5. The van der Waals surface area contributed by atoms with Crippen molar-refractivity contribution in [2.75, 3.05) is 30.0 Å². The number of rotatable bonds is 15. The molecule has 288 valence electrons. The summed E-state index contributed by atoms with van der Waals surface area (Å²) in [5.74, 6) is -1.50. The Hall–Kier alpha value is -4.06. The summed E-state index contributed by atoms with van der Waals surface area (Å²) in [6.07, 6.45) is 2.14. The zero-order valence-corrected chi connectivity index (χ0v) is 32.2. The second kappa shape index (κ2) is 17.4. The van der Waals surface area contributed by atoms with Crippen LogP contribution in [-0.2, 0) is 30.7 Å². The lowest BCUT2D eigenvalue weighted by Crippen LogP contribution is -2.40. The Morgan fingerprint density at radius 2 is 1.68 bits per heavy atom. The van der Waals surface area contributed by atoms with Gasteiger partial charge in [0, 0.05) is 17.5 Å². The van der Waals surface area contributed by atoms with E-state index in [9.17, 15) is 36.8 Å². The molecule has 0 radical (unpaired) electrons. The highest BCUT2D eigenvalue weighted by Crippen LogP contribution is 2.38. The Morgan fingerprint density at radius 1 is 1.04 bits per heavy atom. The molecule has 1 heterocycles. The molecule has 1 atom stereocenters. The van der Waals surface area contributed by atoms with E-state index in [4.69, 9.17) is 42.1 Å². The Kier molecular flexibility index (Phi) is 13.7. The largest absolute Gasteiger partial charge is 0.619 e. The van der Waals surface area contributed by atoms with Crippen molar-refractivity contribution in [1.82, 2.24) is 0 Å². The van der Waals surface area contributed by atoms with E-state index >= 15 is 0 Å². The number of pyridine rings is 1. The van der Waals surface area contributed by atoms with Crippen molar-refractivity contribution in [2.24, 2.45) is 5.92 Å². The number of thioether (sulfide) groups is 1. The number of hydrogen-bond acceptors (Lipinski definition) is 12. The number of nitrogens with zero attached hydrogens (tertiary/aromatic N) is 2. The predicted molar refractivity (Wildman–Crippen MR) is 193 cm³/mol. The van der Waals surface area contributed by atoms with Gasteiger partial charge in [0.1, 0.15) is 33.2 Å². The topological polar surface area (TPSA) is 162 Å². The fourth-order valence-corrected chi connectivity index (χ4v) is 6.77. The number of ether oxygens (including phenoxy) is 5. The minimum absolute atomic E-state index is 0.0206. The summed E-state index contributed by atoms with van der Waals surface area (Å²) in [7, 11) is -3.04. The van der Waals surface area contributed by atoms with Crippen LogP contribution in [-0.4, -0.2) is 63.5 Å². The smallest absolute Gasteiger partial charge is 0.429 e. The van der Waals surface area contributed by atoms with Gasteiger partial charge in [0.2, 0.25) is 15.1 Å². The zero-order valence-electron chi connectivity index (χ0n) is 29.1. The lowest BCUT2D eigenvalue weighted by molar-refractivity contribution is -0.605. The third-order valence-corrected chi connectivity index (χ3v) is 9.83. The summed E-state index contributed by atoms with van der Waals surface area (Å²) in [5, 5.41) is 11.1. The molecule has 19 heteroatoms. The minimum Gasteiger partial charge on any atom is -0.619 e. The molecule has 1 saturated carbocycles. The summed E-state index contributed by atoms with van der Waals surface area (Å²) >= 11 is 13.1. The number of sulfonamides is 1. The Labute approximate surface area is 319 Å². The lowest BCUT2D eigenvalue weighted by Gasteiger charge is -2.27. The lowest BCUT2D eigenvalue weighted by atomic mass is 10.0. The molecule has 1 aliphatic carbocycles. The first-order chi connectivity index (χ1) is 24.7. The number of esters is 1. The van der Waals surface area contributed by atoms with Crippen molar-refractivity contribution in [3.05, 3.63) is 80.7 Å². The number of carbonyl (C=O) groups is 3. The number of aromatic nitrogens is 1. The Balaban J connectivity index is 1.59. The molecule has 4 rings (SSSR count). The maximum Gasteiger partial charge on any atom is 0.429 e. The molecule has 3 aromatic rings. The Morgan fingerprint density at radius 3 is 2.25 bits per heavy atom. The van der Waals surface area contributed by atoms with E-state index in [0.717, 1.165) is 37.6 Å². The molecule has 0 spiro atoms. The second-order valence-electron chi connectivity index (χ2n) is 12.8. The van der Waals surface area contributed by atoms with Crippen LogP contribution in [0.4, 0.5) is 19.3 Å². The van der Waals surface area contributed by atoms with Crippen molar-refractivity contribution in [3.8, 4) is 17.2 Å². The van der Waals surface area contributed by atoms with Gasteiger partial charge in [-0.3, -0.25) is 9.59 Å². The number of carbonyl (C=O) groups excluding carboxylic acids is 3. The van der Waals surface area contributed by atoms with Crippen LogP contribution >= 0.6 is 35.0 Å². The average molecular weight is 822 g/mol. The van der Waals surface area contributed by atoms with Gasteiger partial charge < -0.3 is 28.9 Å². The molecule has 0 N–H and O–H groups in total. The van der Waals surface area contributed by atoms with E-state index in [1.165, 1.54) is 37.4 Å². The molecule has 1 unspecified atom stereocenters. The standard InChI is InChI=1S/C34H36Cl2F2N2O11S2/c1-34(2,3)51-33(43)40(53(5,45)46)25-12-21(9-10-26(25)47-4)31(42)52-18-30(41)49-28(14-22-23(35)15-39(44)16-24(22)36)20-8-11-27(50-32(37)38)29(13-20)48-17-19-6-7-19/h8-13,15-16,19,28,32H,6-7,14,17-18H2,1-5H3. The molecule has 1 amide bonds. The van der Waals surface area contributed by atoms with E-state index in [0.29, 0.717) is 20.8 Å². The van der Waals surface area contributed by atoms with E-state index in [1.807, 2.05) is 0 Å². The van der Waals surface area contributed by atoms with Crippen LogP contribution in [0.5, 0.6) is 17.2 Å². The first-order valence-corrected chi connectivity index (χ1v) is 19.4. The molecular formula is C34H36Cl2F2N2O11S2. The van der Waals surface area contributed by atoms with Gasteiger partial charge in [0.05, 0.1) is 25.7 Å². The van der Waals surface area contributed by atoms with Crippen molar-refractivity contribution in [2.45, 2.75) is 58.4 Å². The van der Waals surface area contributed by atoms with Crippen LogP contribution in [0.3, 0.4) is 0 Å². The minimum atomic E-state index is -4.29. The van der Waals surface area contributed by atoms with Crippen molar-refractivity contribution < 1.29 is 60.0 Å². The third-order valence-electron chi connectivity index (χ3n) is 7.29. The van der Waals surface area contributed by atoms with E-state index in [-0.39, 0.29) is 68.6 Å². The molecule has 0 bridgehead atoms. The molecule has 13 nitrogen and oxygen atoms in total. The van der Waals surface area contributed by atoms with Gasteiger partial charge >= 0.3 is 18.7 Å². The van der Waals surface area contributed by atoms with Crippen LogP contribution < -0.4 is 23.2 Å². The summed E-state index contributed by atoms with van der Waals surface area (Å²) in [6, 6.07) is 7.71. The molecule has 0 aliphatic heterocycles. The SMILES string of the molecule is COc1ccc(C(=O)SCC(=O)OC(Cc2c(Cl)c[n+]([O-])cc2Cl)c2ccc(OC(F)F)c(OCC3CC3)c2)cc1N(C(=O)OC(C)(C)C)S(C)(=O)=O. The highest BCUT2D eigenvalue weighted by Gasteiger charge is 2.34. The number of alkyl halides is 2. The van der Waals surface area contributed by atoms with Crippen LogP contribution in [0.1, 0.15) is 61.2 Å². The van der Waals surface area contributed by atoms with Crippen LogP contribution in [0.25, 0.3) is 0 Å². The van der Waals surface area contributed by atoms with Crippen molar-refractivity contribution >= 4 is 67.9 Å². The number of methoxy groups -OCH3 is 1. The van der Waals surface area contributed by atoms with E-state index in [1.54, 1.807) is 20.8 Å². The normalized spacial score (nSPS) is 13.6. The number of amides is 1. The van der Waals surface area contributed by atoms with Gasteiger partial charge in [-0.25, -0.2) is 13.2 Å². The van der Waals surface area contributed by atoms with Crippen LogP contribution in [0, 0.1) is 11.1 Å². The fourth-order valence-electron chi connectivity index (χ4n) is 4.75. The number of halogens is 4. The molecule has 1 fully saturated rings. The molecule has 1 aliphatic rings. The summed E-state index contributed by atoms with van der Waals surface area (Å²) in [5.41, 5.74) is -0.935. The number of hydrogen-bond donors (Lipinski definition) is 0. The van der Waals surface area contributed by atoms with Gasteiger partial charge in [-0.2, -0.15) is 17.8 Å². The van der Waals surface area contributed by atoms with Crippen molar-refractivity contribution in [1.29, 1.82) is 0 Å². The van der Waals surface area contributed by atoms with Gasteiger partial charge in [-0.05, 0) is 75.4 Å². The van der Waals surface area contributed by atoms with Crippen molar-refractivity contribution in [3.63, 3.8) is 0 Å². The molecule has 53 heavy (non-hydrogen) atoms. The quantitative estimate of drug-likeness (QED) is 0.0868. The maximum absolute atomic E-state index is 13.3. The summed E-state index contributed by atoms with van der Waals surface area (Å²) in [6.45, 7) is 1.75. The number of anilines is 1. The van der Waals surface area contributed by atoms with Crippen LogP contribution in [0.15, 0.2) is 48.8 Å². The van der Waals surface area contributed by atoms with Gasteiger partial charge in [-0.1, -0.05) is 41.0 Å². The van der Waals surface area contributed by atoms with Crippen LogP contribution in [0.2, 0.25) is 10.0 Å². The maximum atomic E-state index is 13.3. The second-order valence-corrected chi connectivity index (χ2v) is 16.4. The molecular weight excluding hydrogens is 785 g/mol. The highest BCUT2D eigenvalue weighted by molar-refractivity contribution is 8.14. The van der Waals surface area contributed by atoms with Gasteiger partial charge in [-0.15, -0.1) is 0 Å². The molecule has 0 saturated heterocycles. The third kappa shape index (κ3) is 12.0. The fraction of sp³-hybridized carbons (Fsp3) is 0.412. The first kappa shape index (κ1) is 41.7. The van der Waals surface area contributed by atoms with E-state index < -0.39 is 51.3 Å². The summed E-state index contributed by atoms with van der Waals surface area (Å²) < 4.78 is 79.3. The molecule has 2 aromatic carbocycles. The number of benzene rings is 2. The Bertz CT molecular complexity index is 1940. The average Bonchev–Trinajstić information content (AvgIpc) is 3.87. The van der Waals surface area contributed by atoms with Gasteiger partial charge in [0.15, 0.2) is 23.9 Å². The monoisotopic (exact) mass is 820 g/mol. The molecule has 1 aromatic heterocycles.